The monoisotopic (exact) mass is 536 g/mol. The minimum absolute atomic E-state index is 0.0182. The van der Waals surface area contributed by atoms with Crippen LogP contribution in [0, 0.1) is 0 Å². The number of ether oxygens (including phenoxy) is 3. The molecule has 0 aliphatic rings. The summed E-state index contributed by atoms with van der Waals surface area (Å²) in [4.78, 5) is 2.48. The van der Waals surface area contributed by atoms with Crippen molar-refractivity contribution >= 4 is 15.8 Å². The Balaban J connectivity index is 1.89. The third-order valence-corrected chi connectivity index (χ3v) is 6.54. The first-order valence-electron chi connectivity index (χ1n) is 11.5. The Morgan fingerprint density at radius 2 is 1.63 bits per heavy atom. The van der Waals surface area contributed by atoms with E-state index in [1.54, 1.807) is 48.5 Å². The molecule has 1 heterocycles. The number of benzene rings is 3. The van der Waals surface area contributed by atoms with Gasteiger partial charge in [-0.25, -0.2) is 0 Å². The van der Waals surface area contributed by atoms with Gasteiger partial charge in [0.15, 0.2) is 22.2 Å². The SMILES string of the molecule is CCOc1ccc(-c2onc(-c3cccc(N=[N+]=[N-])c3)c2S(=O)(=O)Oc2ccc(OC)cc2)cc1OCC. The van der Waals surface area contributed by atoms with Gasteiger partial charge < -0.3 is 22.9 Å². The Morgan fingerprint density at radius 1 is 0.921 bits per heavy atom. The van der Waals surface area contributed by atoms with Gasteiger partial charge in [0, 0.05) is 21.7 Å². The van der Waals surface area contributed by atoms with Crippen LogP contribution in [-0.2, 0) is 10.1 Å². The van der Waals surface area contributed by atoms with Gasteiger partial charge in [0.05, 0.1) is 20.3 Å². The Bertz CT molecular complexity index is 1580. The van der Waals surface area contributed by atoms with Crippen LogP contribution in [0.25, 0.3) is 33.0 Å². The first-order chi connectivity index (χ1) is 18.4. The zero-order valence-electron chi connectivity index (χ0n) is 20.8. The molecule has 0 amide bonds. The van der Waals surface area contributed by atoms with E-state index in [1.807, 2.05) is 13.8 Å². The van der Waals surface area contributed by atoms with E-state index < -0.39 is 10.1 Å². The Kier molecular flexibility index (Phi) is 8.05. The largest absolute Gasteiger partial charge is 0.497 e. The molecule has 0 N–H and O–H groups in total. The summed E-state index contributed by atoms with van der Waals surface area (Å²) in [6.07, 6.45) is 0. The third kappa shape index (κ3) is 5.66. The zero-order chi connectivity index (χ0) is 27.1. The van der Waals surface area contributed by atoms with Crippen LogP contribution >= 0.6 is 0 Å². The van der Waals surface area contributed by atoms with E-state index in [-0.39, 0.29) is 27.8 Å². The van der Waals surface area contributed by atoms with Crippen molar-refractivity contribution in [3.8, 4) is 45.6 Å². The highest BCUT2D eigenvalue weighted by molar-refractivity contribution is 7.87. The molecule has 196 valence electrons. The van der Waals surface area contributed by atoms with Crippen LogP contribution in [0.15, 0.2) is 81.3 Å². The van der Waals surface area contributed by atoms with Gasteiger partial charge in [-0.1, -0.05) is 28.5 Å². The first-order valence-corrected chi connectivity index (χ1v) is 12.9. The molecule has 0 aliphatic carbocycles. The van der Waals surface area contributed by atoms with Gasteiger partial charge in [-0.2, -0.15) is 8.42 Å². The summed E-state index contributed by atoms with van der Waals surface area (Å²) in [7, 11) is -2.99. The molecule has 0 spiro atoms. The Morgan fingerprint density at radius 3 is 2.32 bits per heavy atom. The van der Waals surface area contributed by atoms with Crippen molar-refractivity contribution in [3.63, 3.8) is 0 Å². The Labute approximate surface area is 219 Å². The molecule has 11 nitrogen and oxygen atoms in total. The molecule has 4 aromatic rings. The summed E-state index contributed by atoms with van der Waals surface area (Å²) in [5.41, 5.74) is 9.80. The lowest BCUT2D eigenvalue weighted by molar-refractivity contribution is 0.288. The molecule has 12 heteroatoms. The van der Waals surface area contributed by atoms with Crippen LogP contribution in [0.4, 0.5) is 5.69 Å². The van der Waals surface area contributed by atoms with Gasteiger partial charge >= 0.3 is 10.1 Å². The minimum atomic E-state index is -4.49. The highest BCUT2D eigenvalue weighted by Gasteiger charge is 2.33. The maximum Gasteiger partial charge on any atom is 0.345 e. The molecular formula is C26H24N4O7S. The molecule has 0 radical (unpaired) electrons. The number of aromatic nitrogens is 1. The highest BCUT2D eigenvalue weighted by Crippen LogP contribution is 2.41. The lowest BCUT2D eigenvalue weighted by Crippen LogP contribution is -2.11. The average molecular weight is 537 g/mol. The number of hydrogen-bond donors (Lipinski definition) is 0. The fourth-order valence-electron chi connectivity index (χ4n) is 3.64. The summed E-state index contributed by atoms with van der Waals surface area (Å²) in [5, 5.41) is 7.66. The van der Waals surface area contributed by atoms with Crippen molar-refractivity contribution in [1.82, 2.24) is 5.16 Å². The predicted octanol–water partition coefficient (Wildman–Crippen LogP) is 6.52. The van der Waals surface area contributed by atoms with Crippen molar-refractivity contribution in [2.24, 2.45) is 5.11 Å². The third-order valence-electron chi connectivity index (χ3n) is 5.25. The highest BCUT2D eigenvalue weighted by atomic mass is 32.2. The predicted molar refractivity (Wildman–Crippen MR) is 139 cm³/mol. The number of rotatable bonds is 11. The minimum Gasteiger partial charge on any atom is -0.497 e. The van der Waals surface area contributed by atoms with Crippen molar-refractivity contribution in [1.29, 1.82) is 0 Å². The average Bonchev–Trinajstić information content (AvgIpc) is 3.37. The van der Waals surface area contributed by atoms with Crippen molar-refractivity contribution in [2.75, 3.05) is 20.3 Å². The van der Waals surface area contributed by atoms with Gasteiger partial charge in [0.25, 0.3) is 0 Å². The molecule has 0 aliphatic heterocycles. The van der Waals surface area contributed by atoms with Crippen molar-refractivity contribution in [2.45, 2.75) is 18.7 Å². The van der Waals surface area contributed by atoms with Gasteiger partial charge in [0.2, 0.25) is 0 Å². The lowest BCUT2D eigenvalue weighted by atomic mass is 10.1. The fraction of sp³-hybridized carbons (Fsp3) is 0.192. The molecule has 0 saturated heterocycles. The number of azide groups is 1. The molecule has 4 rings (SSSR count). The summed E-state index contributed by atoms with van der Waals surface area (Å²) < 4.78 is 54.9. The van der Waals surface area contributed by atoms with Gasteiger partial charge in [0.1, 0.15) is 17.2 Å². The molecule has 0 saturated carbocycles. The van der Waals surface area contributed by atoms with E-state index in [2.05, 4.69) is 15.2 Å². The maximum absolute atomic E-state index is 13.7. The molecule has 0 unspecified atom stereocenters. The molecule has 0 bridgehead atoms. The van der Waals surface area contributed by atoms with E-state index in [1.165, 1.54) is 25.3 Å². The summed E-state index contributed by atoms with van der Waals surface area (Å²) in [5.74, 6) is 1.45. The fourth-order valence-corrected chi connectivity index (χ4v) is 4.86. The Hall–Kier alpha value is -4.67. The zero-order valence-corrected chi connectivity index (χ0v) is 21.6. The van der Waals surface area contributed by atoms with Crippen molar-refractivity contribution < 1.29 is 31.3 Å². The van der Waals surface area contributed by atoms with Crippen LogP contribution in [0.1, 0.15) is 13.8 Å². The summed E-state index contributed by atoms with van der Waals surface area (Å²) in [6, 6.07) is 17.3. The quantitative estimate of drug-likeness (QED) is 0.0910. The van der Waals surface area contributed by atoms with Crippen LogP contribution in [0.5, 0.6) is 23.0 Å². The molecule has 0 fully saturated rings. The second kappa shape index (κ2) is 11.6. The summed E-state index contributed by atoms with van der Waals surface area (Å²) in [6.45, 7) is 4.45. The molecule has 1 aromatic heterocycles. The van der Waals surface area contributed by atoms with Gasteiger partial charge in [-0.05, 0) is 67.9 Å². The smallest absolute Gasteiger partial charge is 0.345 e. The molecule has 0 atom stereocenters. The second-order valence-electron chi connectivity index (χ2n) is 7.67. The number of methoxy groups -OCH3 is 1. The molecule has 38 heavy (non-hydrogen) atoms. The number of nitrogens with zero attached hydrogens (tertiary/aromatic N) is 4. The van der Waals surface area contributed by atoms with E-state index in [9.17, 15) is 8.42 Å². The first kappa shape index (κ1) is 26.4. The molecule has 3 aromatic carbocycles. The van der Waals surface area contributed by atoms with Crippen LogP contribution in [-0.4, -0.2) is 33.9 Å². The molecular weight excluding hydrogens is 512 g/mol. The lowest BCUT2D eigenvalue weighted by Gasteiger charge is -2.12. The van der Waals surface area contributed by atoms with E-state index >= 15 is 0 Å². The topological polar surface area (TPSA) is 146 Å². The van der Waals surface area contributed by atoms with Gasteiger partial charge in [-0.15, -0.1) is 0 Å². The normalized spacial score (nSPS) is 10.9. The maximum atomic E-state index is 13.7. The van der Waals surface area contributed by atoms with Crippen LogP contribution in [0.2, 0.25) is 0 Å². The van der Waals surface area contributed by atoms with Crippen LogP contribution in [0.3, 0.4) is 0 Å². The van der Waals surface area contributed by atoms with E-state index in [0.29, 0.717) is 41.6 Å². The summed E-state index contributed by atoms with van der Waals surface area (Å²) >= 11 is 0. The van der Waals surface area contributed by atoms with E-state index in [0.717, 1.165) is 0 Å². The van der Waals surface area contributed by atoms with Crippen molar-refractivity contribution in [3.05, 3.63) is 77.2 Å². The van der Waals surface area contributed by atoms with Gasteiger partial charge in [-0.3, -0.25) is 0 Å². The van der Waals surface area contributed by atoms with E-state index in [4.69, 9.17) is 28.4 Å². The number of hydrogen-bond acceptors (Lipinski definition) is 9. The second-order valence-corrected chi connectivity index (χ2v) is 9.15. The standard InChI is InChI=1S/C26H24N4O7S/c1-4-34-22-14-9-18(16-23(22)35-5-2)25-26(38(31,32)37-21-12-10-20(33-3)11-13-21)24(29-36-25)17-7-6-8-19(15-17)28-30-27/h6-16H,4-5H2,1-3H3. The van der Waals surface area contributed by atoms with Crippen LogP contribution < -0.4 is 18.4 Å².